The van der Waals surface area contributed by atoms with E-state index in [1.165, 1.54) is 5.56 Å². The SMILES string of the molecule is Cc1cc(C)c(C(=O)NCC(C)CCO)c(C)c1. The van der Waals surface area contributed by atoms with E-state index in [4.69, 9.17) is 5.11 Å². The highest BCUT2D eigenvalue weighted by molar-refractivity contribution is 5.97. The number of rotatable bonds is 5. The van der Waals surface area contributed by atoms with Gasteiger partial charge in [0.05, 0.1) is 0 Å². The van der Waals surface area contributed by atoms with Crippen LogP contribution in [-0.2, 0) is 0 Å². The van der Waals surface area contributed by atoms with Crippen LogP contribution in [0, 0.1) is 26.7 Å². The van der Waals surface area contributed by atoms with Gasteiger partial charge in [0.1, 0.15) is 0 Å². The third-order valence-electron chi connectivity index (χ3n) is 3.14. The Balaban J connectivity index is 2.73. The quantitative estimate of drug-likeness (QED) is 0.841. The molecule has 100 valence electrons. The summed E-state index contributed by atoms with van der Waals surface area (Å²) in [5.41, 5.74) is 3.98. The molecule has 1 unspecified atom stereocenters. The van der Waals surface area contributed by atoms with Crippen LogP contribution in [0.4, 0.5) is 0 Å². The molecule has 1 aromatic carbocycles. The lowest BCUT2D eigenvalue weighted by Gasteiger charge is -2.14. The van der Waals surface area contributed by atoms with Crippen LogP contribution in [0.2, 0.25) is 0 Å². The van der Waals surface area contributed by atoms with E-state index in [1.54, 1.807) is 0 Å². The van der Waals surface area contributed by atoms with Gasteiger partial charge in [0.2, 0.25) is 0 Å². The van der Waals surface area contributed by atoms with E-state index in [-0.39, 0.29) is 12.5 Å². The topological polar surface area (TPSA) is 49.3 Å². The lowest BCUT2D eigenvalue weighted by Crippen LogP contribution is -2.29. The fraction of sp³-hybridized carbons (Fsp3) is 0.533. The van der Waals surface area contributed by atoms with Crippen LogP contribution in [0.15, 0.2) is 12.1 Å². The van der Waals surface area contributed by atoms with Crippen LogP contribution in [0.5, 0.6) is 0 Å². The van der Waals surface area contributed by atoms with Gasteiger partial charge >= 0.3 is 0 Å². The third kappa shape index (κ3) is 3.84. The van der Waals surface area contributed by atoms with Crippen molar-refractivity contribution in [2.24, 2.45) is 5.92 Å². The molecule has 0 saturated carbocycles. The number of hydrogen-bond donors (Lipinski definition) is 2. The van der Waals surface area contributed by atoms with Gasteiger partial charge in [-0.3, -0.25) is 4.79 Å². The van der Waals surface area contributed by atoms with E-state index in [1.807, 2.05) is 39.8 Å². The molecule has 1 atom stereocenters. The second kappa shape index (κ2) is 6.55. The molecule has 1 amide bonds. The van der Waals surface area contributed by atoms with Gasteiger partial charge in [-0.2, -0.15) is 0 Å². The Morgan fingerprint density at radius 1 is 1.28 bits per heavy atom. The lowest BCUT2D eigenvalue weighted by atomic mass is 9.99. The maximum absolute atomic E-state index is 12.1. The zero-order chi connectivity index (χ0) is 13.7. The van der Waals surface area contributed by atoms with Crippen molar-refractivity contribution in [3.05, 3.63) is 34.4 Å². The Hall–Kier alpha value is -1.35. The van der Waals surface area contributed by atoms with Gasteiger partial charge in [-0.1, -0.05) is 24.6 Å². The van der Waals surface area contributed by atoms with E-state index >= 15 is 0 Å². The molecule has 0 aromatic heterocycles. The molecule has 2 N–H and O–H groups in total. The zero-order valence-electron chi connectivity index (χ0n) is 11.7. The Morgan fingerprint density at radius 2 is 1.83 bits per heavy atom. The second-order valence-corrected chi connectivity index (χ2v) is 5.10. The van der Waals surface area contributed by atoms with Gasteiger partial charge < -0.3 is 10.4 Å². The molecule has 0 saturated heterocycles. The maximum Gasteiger partial charge on any atom is 0.251 e. The zero-order valence-corrected chi connectivity index (χ0v) is 11.7. The number of carbonyl (C=O) groups is 1. The number of nitrogens with one attached hydrogen (secondary N) is 1. The van der Waals surface area contributed by atoms with Gasteiger partial charge in [-0.05, 0) is 44.2 Å². The number of benzene rings is 1. The van der Waals surface area contributed by atoms with Crippen LogP contribution in [0.25, 0.3) is 0 Å². The summed E-state index contributed by atoms with van der Waals surface area (Å²) in [6, 6.07) is 4.05. The van der Waals surface area contributed by atoms with Crippen molar-refractivity contribution >= 4 is 5.91 Å². The molecule has 0 aliphatic carbocycles. The minimum atomic E-state index is -0.0187. The van der Waals surface area contributed by atoms with Crippen molar-refractivity contribution in [1.29, 1.82) is 0 Å². The fourth-order valence-electron chi connectivity index (χ4n) is 2.22. The van der Waals surface area contributed by atoms with E-state index in [0.29, 0.717) is 18.9 Å². The van der Waals surface area contributed by atoms with E-state index in [2.05, 4.69) is 5.32 Å². The van der Waals surface area contributed by atoms with Crippen molar-refractivity contribution < 1.29 is 9.90 Å². The van der Waals surface area contributed by atoms with Crippen molar-refractivity contribution in [3.8, 4) is 0 Å². The Bertz CT molecular complexity index is 403. The highest BCUT2D eigenvalue weighted by Gasteiger charge is 2.13. The minimum absolute atomic E-state index is 0.0187. The van der Waals surface area contributed by atoms with E-state index in [0.717, 1.165) is 16.7 Å². The van der Waals surface area contributed by atoms with E-state index in [9.17, 15) is 4.79 Å². The number of aliphatic hydroxyl groups is 1. The molecule has 1 aromatic rings. The summed E-state index contributed by atoms with van der Waals surface area (Å²) in [5, 5.41) is 11.8. The highest BCUT2D eigenvalue weighted by Crippen LogP contribution is 2.16. The number of aryl methyl sites for hydroxylation is 3. The van der Waals surface area contributed by atoms with Crippen molar-refractivity contribution in [2.75, 3.05) is 13.2 Å². The first-order valence-corrected chi connectivity index (χ1v) is 6.42. The highest BCUT2D eigenvalue weighted by atomic mass is 16.3. The summed E-state index contributed by atoms with van der Waals surface area (Å²) >= 11 is 0. The molecular weight excluding hydrogens is 226 g/mol. The summed E-state index contributed by atoms with van der Waals surface area (Å²) in [7, 11) is 0. The largest absolute Gasteiger partial charge is 0.396 e. The van der Waals surface area contributed by atoms with E-state index < -0.39 is 0 Å². The Morgan fingerprint density at radius 3 is 2.33 bits per heavy atom. The standard InChI is InChI=1S/C15H23NO2/c1-10(5-6-17)9-16-15(18)14-12(3)7-11(2)8-13(14)4/h7-8,10,17H,5-6,9H2,1-4H3,(H,16,18). The van der Waals surface area contributed by atoms with Crippen molar-refractivity contribution in [3.63, 3.8) is 0 Å². The molecule has 0 aliphatic heterocycles. The molecule has 0 heterocycles. The molecule has 0 spiro atoms. The molecule has 0 radical (unpaired) electrons. The predicted molar refractivity (Wildman–Crippen MR) is 73.9 cm³/mol. The summed E-state index contributed by atoms with van der Waals surface area (Å²) in [4.78, 5) is 12.1. The smallest absolute Gasteiger partial charge is 0.251 e. The Kier molecular flexibility index (Phi) is 5.35. The summed E-state index contributed by atoms with van der Waals surface area (Å²) in [6.45, 7) is 8.75. The lowest BCUT2D eigenvalue weighted by molar-refractivity contribution is 0.0944. The van der Waals surface area contributed by atoms with Crippen LogP contribution < -0.4 is 5.32 Å². The van der Waals surface area contributed by atoms with Gasteiger partial charge in [-0.25, -0.2) is 0 Å². The predicted octanol–water partition coefficient (Wildman–Crippen LogP) is 2.36. The first-order valence-electron chi connectivity index (χ1n) is 6.42. The first kappa shape index (κ1) is 14.7. The molecule has 18 heavy (non-hydrogen) atoms. The molecule has 1 rings (SSSR count). The van der Waals surface area contributed by atoms with Crippen molar-refractivity contribution in [2.45, 2.75) is 34.1 Å². The van der Waals surface area contributed by atoms with Crippen LogP contribution in [-0.4, -0.2) is 24.2 Å². The number of carbonyl (C=O) groups excluding carboxylic acids is 1. The van der Waals surface area contributed by atoms with Gasteiger partial charge in [-0.15, -0.1) is 0 Å². The van der Waals surface area contributed by atoms with Crippen molar-refractivity contribution in [1.82, 2.24) is 5.32 Å². The number of aliphatic hydroxyl groups excluding tert-OH is 1. The van der Waals surface area contributed by atoms with Crippen LogP contribution >= 0.6 is 0 Å². The van der Waals surface area contributed by atoms with Crippen LogP contribution in [0.3, 0.4) is 0 Å². The van der Waals surface area contributed by atoms with Gasteiger partial charge in [0.25, 0.3) is 5.91 Å². The molecule has 0 aliphatic rings. The fourth-order valence-corrected chi connectivity index (χ4v) is 2.22. The van der Waals surface area contributed by atoms with Gasteiger partial charge in [0.15, 0.2) is 0 Å². The summed E-state index contributed by atoms with van der Waals surface area (Å²) in [5.74, 6) is 0.278. The molecule has 3 nitrogen and oxygen atoms in total. The average molecular weight is 249 g/mol. The average Bonchev–Trinajstić information content (AvgIpc) is 2.25. The van der Waals surface area contributed by atoms with Crippen LogP contribution in [0.1, 0.15) is 40.4 Å². The molecule has 3 heteroatoms. The third-order valence-corrected chi connectivity index (χ3v) is 3.14. The number of hydrogen-bond acceptors (Lipinski definition) is 2. The van der Waals surface area contributed by atoms with Gasteiger partial charge in [0, 0.05) is 18.7 Å². The minimum Gasteiger partial charge on any atom is -0.396 e. The number of amides is 1. The molecular formula is C15H23NO2. The Labute approximate surface area is 109 Å². The molecule has 0 bridgehead atoms. The maximum atomic E-state index is 12.1. The first-order chi connectivity index (χ1) is 8.45. The normalized spacial score (nSPS) is 12.3. The molecule has 0 fully saturated rings. The summed E-state index contributed by atoms with van der Waals surface area (Å²) in [6.07, 6.45) is 0.714. The monoisotopic (exact) mass is 249 g/mol. The summed E-state index contributed by atoms with van der Waals surface area (Å²) < 4.78 is 0. The second-order valence-electron chi connectivity index (χ2n) is 5.10.